The largest absolute Gasteiger partial charge is 0.304 e. The van der Waals surface area contributed by atoms with E-state index in [-0.39, 0.29) is 23.2 Å². The Morgan fingerprint density at radius 2 is 1.15 bits per heavy atom. The molecule has 2 N–H and O–H groups in total. The summed E-state index contributed by atoms with van der Waals surface area (Å²) in [6, 6.07) is 4.93. The van der Waals surface area contributed by atoms with Crippen LogP contribution >= 0.6 is 0 Å². The van der Waals surface area contributed by atoms with E-state index in [1.807, 2.05) is 10.0 Å². The van der Waals surface area contributed by atoms with Crippen LogP contribution < -0.4 is 10.9 Å². The summed E-state index contributed by atoms with van der Waals surface area (Å²) in [4.78, 5) is 33.5. The smallest absolute Gasteiger partial charge is 0.284 e. The van der Waals surface area contributed by atoms with Crippen LogP contribution in [0.15, 0.2) is 18.2 Å². The molecule has 2 aliphatic rings. The minimum atomic E-state index is -0.288. The number of nitrogens with one attached hydrogen (secondary N) is 2. The number of hydrazine groups is 2. The Balaban J connectivity index is 1.56. The van der Waals surface area contributed by atoms with E-state index in [2.05, 4.69) is 39.7 Å². The van der Waals surface area contributed by atoms with Crippen molar-refractivity contribution in [1.82, 2.24) is 35.7 Å². The lowest BCUT2D eigenvalue weighted by atomic mass is 10.3. The van der Waals surface area contributed by atoms with Gasteiger partial charge in [0.1, 0.15) is 11.4 Å². The molecule has 26 heavy (non-hydrogen) atoms. The maximum Gasteiger partial charge on any atom is 0.284 e. The molecule has 0 radical (unpaired) electrons. The van der Waals surface area contributed by atoms with E-state index in [1.165, 1.54) is 0 Å². The molecule has 2 amide bonds. The lowest BCUT2D eigenvalue weighted by Crippen LogP contribution is -2.53. The molecular formula is C17H27N7O2. The minimum absolute atomic E-state index is 0.245. The Labute approximate surface area is 153 Å². The van der Waals surface area contributed by atoms with Crippen molar-refractivity contribution in [2.45, 2.75) is 0 Å². The van der Waals surface area contributed by atoms with Crippen LogP contribution in [0.5, 0.6) is 0 Å². The van der Waals surface area contributed by atoms with Crippen LogP contribution in [-0.4, -0.2) is 103 Å². The first-order valence-electron chi connectivity index (χ1n) is 8.97. The molecular weight excluding hydrogens is 334 g/mol. The lowest BCUT2D eigenvalue weighted by molar-refractivity contribution is 0.0651. The zero-order valence-electron chi connectivity index (χ0n) is 15.4. The van der Waals surface area contributed by atoms with Crippen molar-refractivity contribution in [2.24, 2.45) is 0 Å². The highest BCUT2D eigenvalue weighted by Crippen LogP contribution is 2.03. The quantitative estimate of drug-likeness (QED) is 0.702. The van der Waals surface area contributed by atoms with Gasteiger partial charge in [0.05, 0.1) is 0 Å². The average Bonchev–Trinajstić information content (AvgIpc) is 2.65. The number of pyridine rings is 1. The fraction of sp³-hybridized carbons (Fsp3) is 0.588. The van der Waals surface area contributed by atoms with Crippen LogP contribution in [-0.2, 0) is 0 Å². The predicted molar refractivity (Wildman–Crippen MR) is 97.3 cm³/mol. The van der Waals surface area contributed by atoms with E-state index in [9.17, 15) is 9.59 Å². The van der Waals surface area contributed by atoms with E-state index in [0.717, 1.165) is 52.4 Å². The molecule has 9 heteroatoms. The molecule has 142 valence electrons. The number of hydrogen-bond acceptors (Lipinski definition) is 7. The molecule has 9 nitrogen and oxygen atoms in total. The number of amides is 2. The number of hydrogen-bond donors (Lipinski definition) is 2. The summed E-state index contributed by atoms with van der Waals surface area (Å²) >= 11 is 0. The summed E-state index contributed by atoms with van der Waals surface area (Å²) in [5.74, 6) is -0.576. The van der Waals surface area contributed by atoms with Gasteiger partial charge in [-0.3, -0.25) is 20.4 Å². The SMILES string of the molecule is CN1CCN(NC(=O)c2cccc(C(=O)NN3CCN(C)CC3)n2)CC1. The molecule has 0 saturated carbocycles. The van der Waals surface area contributed by atoms with E-state index < -0.39 is 0 Å². The van der Waals surface area contributed by atoms with Gasteiger partial charge < -0.3 is 9.80 Å². The molecule has 1 aromatic heterocycles. The van der Waals surface area contributed by atoms with E-state index in [4.69, 9.17) is 0 Å². The zero-order chi connectivity index (χ0) is 18.5. The van der Waals surface area contributed by atoms with Gasteiger partial charge in [0.25, 0.3) is 11.8 Å². The fourth-order valence-corrected chi connectivity index (χ4v) is 2.93. The Morgan fingerprint density at radius 3 is 1.54 bits per heavy atom. The summed E-state index contributed by atoms with van der Waals surface area (Å²) in [7, 11) is 4.12. The molecule has 3 rings (SSSR count). The highest BCUT2D eigenvalue weighted by atomic mass is 16.2. The molecule has 1 aromatic rings. The zero-order valence-corrected chi connectivity index (χ0v) is 15.4. The highest BCUT2D eigenvalue weighted by molar-refractivity contribution is 5.95. The second-order valence-electron chi connectivity index (χ2n) is 6.87. The van der Waals surface area contributed by atoms with Crippen LogP contribution in [0, 0.1) is 0 Å². The Kier molecular flexibility index (Phi) is 6.15. The Morgan fingerprint density at radius 1 is 0.769 bits per heavy atom. The third-order valence-corrected chi connectivity index (χ3v) is 4.74. The van der Waals surface area contributed by atoms with Crippen molar-refractivity contribution in [2.75, 3.05) is 66.5 Å². The van der Waals surface area contributed by atoms with E-state index >= 15 is 0 Å². The molecule has 2 saturated heterocycles. The van der Waals surface area contributed by atoms with Crippen molar-refractivity contribution in [3.8, 4) is 0 Å². The number of nitrogens with zero attached hydrogens (tertiary/aromatic N) is 5. The van der Waals surface area contributed by atoms with Crippen molar-refractivity contribution in [3.63, 3.8) is 0 Å². The normalized spacial score (nSPS) is 20.7. The molecule has 3 heterocycles. The van der Waals surface area contributed by atoms with Gasteiger partial charge >= 0.3 is 0 Å². The summed E-state index contributed by atoms with van der Waals surface area (Å²) in [5.41, 5.74) is 6.22. The topological polar surface area (TPSA) is 84.0 Å². The van der Waals surface area contributed by atoms with Gasteiger partial charge in [-0.15, -0.1) is 0 Å². The summed E-state index contributed by atoms with van der Waals surface area (Å²) in [6.45, 7) is 6.69. The van der Waals surface area contributed by atoms with Gasteiger partial charge in [-0.25, -0.2) is 15.0 Å². The van der Waals surface area contributed by atoms with Crippen molar-refractivity contribution >= 4 is 11.8 Å². The van der Waals surface area contributed by atoms with Crippen LogP contribution in [0.1, 0.15) is 21.0 Å². The molecule has 0 atom stereocenters. The molecule has 0 spiro atoms. The first-order chi connectivity index (χ1) is 12.5. The molecule has 2 aliphatic heterocycles. The monoisotopic (exact) mass is 361 g/mol. The van der Waals surface area contributed by atoms with Crippen LogP contribution in [0.3, 0.4) is 0 Å². The second-order valence-corrected chi connectivity index (χ2v) is 6.87. The number of aromatic nitrogens is 1. The standard InChI is InChI=1S/C17H27N7O2/c1-21-6-10-23(11-7-21)19-16(25)14-4-3-5-15(18-14)17(26)20-24-12-8-22(2)9-13-24/h3-5H,6-13H2,1-2H3,(H,19,25)(H,20,26). The molecule has 0 bridgehead atoms. The average molecular weight is 361 g/mol. The first kappa shape index (κ1) is 18.7. The van der Waals surface area contributed by atoms with Crippen LogP contribution in [0.4, 0.5) is 0 Å². The second kappa shape index (κ2) is 8.54. The van der Waals surface area contributed by atoms with Crippen molar-refractivity contribution in [3.05, 3.63) is 29.6 Å². The van der Waals surface area contributed by atoms with Gasteiger partial charge in [0, 0.05) is 52.4 Å². The highest BCUT2D eigenvalue weighted by Gasteiger charge is 2.20. The summed E-state index contributed by atoms with van der Waals surface area (Å²) in [5, 5.41) is 3.78. The van der Waals surface area contributed by atoms with Gasteiger partial charge in [-0.2, -0.15) is 0 Å². The Hall–Kier alpha value is -2.07. The number of carbonyl (C=O) groups is 2. The van der Waals surface area contributed by atoms with Crippen LogP contribution in [0.2, 0.25) is 0 Å². The number of likely N-dealkylation sites (N-methyl/N-ethyl adjacent to an activating group) is 2. The predicted octanol–water partition coefficient (Wildman–Crippen LogP) is -1.13. The number of piperazine rings is 2. The van der Waals surface area contributed by atoms with Crippen molar-refractivity contribution in [1.29, 1.82) is 0 Å². The lowest BCUT2D eigenvalue weighted by Gasteiger charge is -2.32. The van der Waals surface area contributed by atoms with Gasteiger partial charge in [0.15, 0.2) is 0 Å². The molecule has 2 fully saturated rings. The van der Waals surface area contributed by atoms with E-state index in [0.29, 0.717) is 0 Å². The summed E-state index contributed by atoms with van der Waals surface area (Å²) in [6.07, 6.45) is 0. The fourth-order valence-electron chi connectivity index (χ4n) is 2.93. The molecule has 0 aromatic carbocycles. The minimum Gasteiger partial charge on any atom is -0.304 e. The third-order valence-electron chi connectivity index (χ3n) is 4.74. The van der Waals surface area contributed by atoms with Gasteiger partial charge in [0.2, 0.25) is 0 Å². The molecule has 0 aliphatic carbocycles. The maximum absolute atomic E-state index is 12.4. The van der Waals surface area contributed by atoms with Gasteiger partial charge in [-0.1, -0.05) is 6.07 Å². The van der Waals surface area contributed by atoms with Crippen molar-refractivity contribution < 1.29 is 9.59 Å². The first-order valence-corrected chi connectivity index (χ1v) is 8.97. The Bertz CT molecular complexity index is 587. The van der Waals surface area contributed by atoms with Crippen LogP contribution in [0.25, 0.3) is 0 Å². The van der Waals surface area contributed by atoms with Gasteiger partial charge in [-0.05, 0) is 26.2 Å². The third kappa shape index (κ3) is 4.98. The summed E-state index contributed by atoms with van der Waals surface area (Å²) < 4.78 is 0. The number of carbonyl (C=O) groups excluding carboxylic acids is 2. The maximum atomic E-state index is 12.4. The molecule has 0 unspecified atom stereocenters. The number of rotatable bonds is 4. The van der Waals surface area contributed by atoms with E-state index in [1.54, 1.807) is 18.2 Å².